The van der Waals surface area contributed by atoms with Gasteiger partial charge in [-0.25, -0.2) is 0 Å². The quantitative estimate of drug-likeness (QED) is 0.527. The van der Waals surface area contributed by atoms with Gasteiger partial charge in [-0.3, -0.25) is 4.79 Å². The number of hydrogen-bond donors (Lipinski definition) is 3. The van der Waals surface area contributed by atoms with Crippen LogP contribution in [0.2, 0.25) is 0 Å². The molecule has 0 atom stereocenters. The molecule has 18 heavy (non-hydrogen) atoms. The number of hydrogen-bond acceptors (Lipinski definition) is 3. The zero-order valence-electron chi connectivity index (χ0n) is 10.2. The van der Waals surface area contributed by atoms with Gasteiger partial charge >= 0.3 is 0 Å². The lowest BCUT2D eigenvalue weighted by molar-refractivity contribution is 0.0947. The maximum Gasteiger partial charge on any atom is 0.258 e. The highest BCUT2D eigenvalue weighted by Crippen LogP contribution is 2.25. The Hall–Kier alpha value is -1.42. The van der Waals surface area contributed by atoms with Crippen molar-refractivity contribution in [2.24, 2.45) is 0 Å². The van der Waals surface area contributed by atoms with E-state index in [4.69, 9.17) is 11.6 Å². The number of unbranched alkanes of at least 4 members (excludes halogenated alkanes) is 3. The van der Waals surface area contributed by atoms with E-state index >= 15 is 0 Å². The van der Waals surface area contributed by atoms with Gasteiger partial charge in [-0.2, -0.15) is 0 Å². The molecule has 0 fully saturated rings. The molecular formula is C13H18ClNO3. The van der Waals surface area contributed by atoms with Crippen LogP contribution in [0, 0.1) is 0 Å². The highest BCUT2D eigenvalue weighted by molar-refractivity contribution is 6.17. The van der Waals surface area contributed by atoms with Crippen LogP contribution in [0.15, 0.2) is 18.2 Å². The summed E-state index contributed by atoms with van der Waals surface area (Å²) >= 11 is 5.55. The van der Waals surface area contributed by atoms with Crippen LogP contribution in [0.4, 0.5) is 0 Å². The Kier molecular flexibility index (Phi) is 6.36. The minimum absolute atomic E-state index is 0.0711. The Balaban J connectivity index is 2.37. The minimum atomic E-state index is -0.456. The second kappa shape index (κ2) is 7.82. The van der Waals surface area contributed by atoms with Crippen molar-refractivity contribution < 1.29 is 15.0 Å². The van der Waals surface area contributed by atoms with E-state index in [0.29, 0.717) is 12.4 Å². The topological polar surface area (TPSA) is 69.6 Å². The first-order valence-electron chi connectivity index (χ1n) is 6.02. The van der Waals surface area contributed by atoms with Crippen molar-refractivity contribution in [1.29, 1.82) is 0 Å². The van der Waals surface area contributed by atoms with Gasteiger partial charge in [0, 0.05) is 12.4 Å². The van der Waals surface area contributed by atoms with Gasteiger partial charge in [0.2, 0.25) is 0 Å². The van der Waals surface area contributed by atoms with Gasteiger partial charge in [0.25, 0.3) is 5.91 Å². The third-order valence-electron chi connectivity index (χ3n) is 2.59. The predicted octanol–water partition coefficient (Wildman–Crippen LogP) is 2.63. The Labute approximate surface area is 112 Å². The molecule has 1 aromatic carbocycles. The summed E-state index contributed by atoms with van der Waals surface area (Å²) in [7, 11) is 0. The van der Waals surface area contributed by atoms with Crippen molar-refractivity contribution in [3.05, 3.63) is 23.8 Å². The number of rotatable bonds is 7. The number of nitrogens with one attached hydrogen (secondary N) is 1. The molecule has 5 heteroatoms. The summed E-state index contributed by atoms with van der Waals surface area (Å²) < 4.78 is 0. The van der Waals surface area contributed by atoms with Crippen molar-refractivity contribution >= 4 is 17.5 Å². The Morgan fingerprint density at radius 1 is 1.11 bits per heavy atom. The van der Waals surface area contributed by atoms with Crippen LogP contribution < -0.4 is 5.32 Å². The largest absolute Gasteiger partial charge is 0.507 e. The zero-order valence-corrected chi connectivity index (χ0v) is 10.9. The lowest BCUT2D eigenvalue weighted by Crippen LogP contribution is -2.24. The van der Waals surface area contributed by atoms with E-state index in [1.807, 2.05) is 0 Å². The molecule has 4 nitrogen and oxygen atoms in total. The molecule has 0 saturated carbocycles. The number of aromatic hydroxyl groups is 2. The number of amides is 1. The summed E-state index contributed by atoms with van der Waals surface area (Å²) in [6.07, 6.45) is 3.88. The lowest BCUT2D eigenvalue weighted by atomic mass is 10.1. The first-order valence-corrected chi connectivity index (χ1v) is 6.55. The standard InChI is InChI=1S/C13H18ClNO3/c14-8-3-1-2-4-9-15-13(18)12-10(16)6-5-7-11(12)17/h5-7,16-17H,1-4,8-9H2,(H,15,18). The highest BCUT2D eigenvalue weighted by Gasteiger charge is 2.14. The van der Waals surface area contributed by atoms with Gasteiger partial charge < -0.3 is 15.5 Å². The monoisotopic (exact) mass is 271 g/mol. The molecule has 0 unspecified atom stereocenters. The van der Waals surface area contributed by atoms with E-state index in [9.17, 15) is 15.0 Å². The molecule has 0 radical (unpaired) electrons. The molecule has 0 heterocycles. The molecule has 3 N–H and O–H groups in total. The number of phenols is 2. The number of benzene rings is 1. The maximum atomic E-state index is 11.7. The molecule has 1 rings (SSSR count). The summed E-state index contributed by atoms with van der Waals surface area (Å²) in [6.45, 7) is 0.523. The van der Waals surface area contributed by atoms with E-state index < -0.39 is 5.91 Å². The fourth-order valence-electron chi connectivity index (χ4n) is 1.62. The number of carbonyl (C=O) groups excluding carboxylic acids is 1. The fraction of sp³-hybridized carbons (Fsp3) is 0.462. The Morgan fingerprint density at radius 2 is 1.72 bits per heavy atom. The molecule has 100 valence electrons. The fourth-order valence-corrected chi connectivity index (χ4v) is 1.81. The summed E-state index contributed by atoms with van der Waals surface area (Å²) in [4.78, 5) is 11.7. The van der Waals surface area contributed by atoms with Gasteiger partial charge in [0.15, 0.2) is 0 Å². The first-order chi connectivity index (χ1) is 8.66. The molecule has 1 aromatic rings. The summed E-state index contributed by atoms with van der Waals surface area (Å²) in [5, 5.41) is 21.7. The molecule has 0 aliphatic carbocycles. The van der Waals surface area contributed by atoms with E-state index in [-0.39, 0.29) is 17.1 Å². The minimum Gasteiger partial charge on any atom is -0.507 e. The smallest absolute Gasteiger partial charge is 0.258 e. The lowest BCUT2D eigenvalue weighted by Gasteiger charge is -2.08. The van der Waals surface area contributed by atoms with E-state index in [1.54, 1.807) is 0 Å². The molecule has 0 spiro atoms. The number of phenolic OH excluding ortho intramolecular Hbond substituents is 2. The third-order valence-corrected chi connectivity index (χ3v) is 2.86. The van der Waals surface area contributed by atoms with Crippen LogP contribution in [-0.4, -0.2) is 28.5 Å². The average molecular weight is 272 g/mol. The van der Waals surface area contributed by atoms with E-state index in [0.717, 1.165) is 25.7 Å². The number of carbonyl (C=O) groups is 1. The van der Waals surface area contributed by atoms with Crippen molar-refractivity contribution in [3.8, 4) is 11.5 Å². The van der Waals surface area contributed by atoms with Gasteiger partial charge in [-0.15, -0.1) is 11.6 Å². The summed E-state index contributed by atoms with van der Waals surface area (Å²) in [5.74, 6) is -0.217. The van der Waals surface area contributed by atoms with Crippen LogP contribution in [0.3, 0.4) is 0 Å². The van der Waals surface area contributed by atoms with Crippen LogP contribution >= 0.6 is 11.6 Å². The van der Waals surface area contributed by atoms with Gasteiger partial charge in [-0.05, 0) is 25.0 Å². The van der Waals surface area contributed by atoms with Crippen LogP contribution in [0.25, 0.3) is 0 Å². The first kappa shape index (κ1) is 14.6. The van der Waals surface area contributed by atoms with Gasteiger partial charge in [0.1, 0.15) is 17.1 Å². The Morgan fingerprint density at radius 3 is 2.33 bits per heavy atom. The van der Waals surface area contributed by atoms with Crippen molar-refractivity contribution in [3.63, 3.8) is 0 Å². The molecule has 0 aliphatic heterocycles. The zero-order chi connectivity index (χ0) is 13.4. The van der Waals surface area contributed by atoms with E-state index in [2.05, 4.69) is 5.32 Å². The maximum absolute atomic E-state index is 11.7. The molecule has 0 aliphatic rings. The van der Waals surface area contributed by atoms with Crippen LogP contribution in [0.5, 0.6) is 11.5 Å². The molecule has 0 aromatic heterocycles. The van der Waals surface area contributed by atoms with Gasteiger partial charge in [0.05, 0.1) is 0 Å². The molecule has 0 bridgehead atoms. The highest BCUT2D eigenvalue weighted by atomic mass is 35.5. The summed E-state index contributed by atoms with van der Waals surface area (Å²) in [5.41, 5.74) is -0.0711. The Bertz CT molecular complexity index is 376. The number of halogens is 1. The normalized spacial score (nSPS) is 10.3. The SMILES string of the molecule is O=C(NCCCCCCCl)c1c(O)cccc1O. The van der Waals surface area contributed by atoms with Crippen molar-refractivity contribution in [1.82, 2.24) is 5.32 Å². The van der Waals surface area contributed by atoms with Crippen molar-refractivity contribution in [2.75, 3.05) is 12.4 Å². The van der Waals surface area contributed by atoms with Crippen molar-refractivity contribution in [2.45, 2.75) is 25.7 Å². The second-order valence-corrected chi connectivity index (χ2v) is 4.41. The number of alkyl halides is 1. The van der Waals surface area contributed by atoms with Gasteiger partial charge in [-0.1, -0.05) is 18.9 Å². The molecule has 0 saturated heterocycles. The molecular weight excluding hydrogens is 254 g/mol. The summed E-state index contributed by atoms with van der Waals surface area (Å²) in [6, 6.07) is 4.22. The second-order valence-electron chi connectivity index (χ2n) is 4.03. The molecule has 1 amide bonds. The van der Waals surface area contributed by atoms with Crippen LogP contribution in [-0.2, 0) is 0 Å². The van der Waals surface area contributed by atoms with Crippen LogP contribution in [0.1, 0.15) is 36.0 Å². The average Bonchev–Trinajstić information content (AvgIpc) is 2.33. The third kappa shape index (κ3) is 4.45. The van der Waals surface area contributed by atoms with E-state index in [1.165, 1.54) is 18.2 Å². The predicted molar refractivity (Wildman–Crippen MR) is 71.3 cm³/mol.